The van der Waals surface area contributed by atoms with Gasteiger partial charge in [-0.15, -0.1) is 0 Å². The zero-order chi connectivity index (χ0) is 17.4. The van der Waals surface area contributed by atoms with Gasteiger partial charge in [0.1, 0.15) is 0 Å². The molecule has 122 valence electrons. The van der Waals surface area contributed by atoms with Crippen LogP contribution in [0.2, 0.25) is 0 Å². The topological polar surface area (TPSA) is 94.4 Å². The minimum absolute atomic E-state index is 0.0273. The number of nitrogens with one attached hydrogen (secondary N) is 1. The van der Waals surface area contributed by atoms with E-state index in [9.17, 15) is 14.9 Å². The summed E-state index contributed by atoms with van der Waals surface area (Å²) in [7, 11) is 1.20. The van der Waals surface area contributed by atoms with E-state index in [-0.39, 0.29) is 17.1 Å². The molecule has 7 heteroatoms. The predicted octanol–water partition coefficient (Wildman–Crippen LogP) is 3.85. The number of methoxy groups -OCH3 is 1. The molecule has 2 rings (SSSR count). The van der Waals surface area contributed by atoms with E-state index in [4.69, 9.17) is 0 Å². The highest BCUT2D eigenvalue weighted by atomic mass is 16.6. The fourth-order valence-corrected chi connectivity index (χ4v) is 1.76. The molecule has 0 fully saturated rings. The number of esters is 1. The van der Waals surface area contributed by atoms with Crippen LogP contribution in [0.25, 0.3) is 0 Å². The molecule has 0 unspecified atom stereocenters. The van der Waals surface area contributed by atoms with E-state index in [1.54, 1.807) is 6.07 Å². The fraction of sp³-hybridized carbons (Fsp3) is 0.250. The molecular formula is C16H19N3O4. The van der Waals surface area contributed by atoms with Crippen LogP contribution >= 0.6 is 0 Å². The van der Waals surface area contributed by atoms with Crippen LogP contribution < -0.4 is 5.32 Å². The Morgan fingerprint density at radius 2 is 1.96 bits per heavy atom. The average molecular weight is 317 g/mol. The summed E-state index contributed by atoms with van der Waals surface area (Å²) < 4.78 is 4.53. The van der Waals surface area contributed by atoms with Crippen molar-refractivity contribution in [2.24, 2.45) is 0 Å². The maximum Gasteiger partial charge on any atom is 0.339 e. The molecule has 0 amide bonds. The van der Waals surface area contributed by atoms with Crippen LogP contribution in [-0.4, -0.2) is 23.0 Å². The molecule has 0 radical (unpaired) electrons. The lowest BCUT2D eigenvalue weighted by Crippen LogP contribution is -2.06. The highest BCUT2D eigenvalue weighted by Gasteiger charge is 2.20. The molecule has 1 N–H and O–H groups in total. The molecule has 1 aromatic heterocycles. The normalized spacial score (nSPS) is 9.39. The molecule has 0 bridgehead atoms. The van der Waals surface area contributed by atoms with Gasteiger partial charge < -0.3 is 10.1 Å². The smallest absolute Gasteiger partial charge is 0.339 e. The Hall–Kier alpha value is -2.96. The lowest BCUT2D eigenvalue weighted by Gasteiger charge is -2.09. The lowest BCUT2D eigenvalue weighted by molar-refractivity contribution is -0.384. The third-order valence-electron chi connectivity index (χ3n) is 2.88. The monoisotopic (exact) mass is 317 g/mol. The van der Waals surface area contributed by atoms with E-state index in [0.717, 1.165) is 11.6 Å². The number of nitrogens with zero attached hydrogens (tertiary/aromatic N) is 2. The van der Waals surface area contributed by atoms with Gasteiger partial charge in [-0.2, -0.15) is 0 Å². The number of para-hydroxylation sites is 1. The lowest BCUT2D eigenvalue weighted by atomic mass is 10.2. The molecule has 1 aromatic carbocycles. The van der Waals surface area contributed by atoms with Gasteiger partial charge in [-0.1, -0.05) is 32.0 Å². The highest BCUT2D eigenvalue weighted by Crippen LogP contribution is 2.27. The van der Waals surface area contributed by atoms with Crippen molar-refractivity contribution in [3.05, 3.63) is 57.8 Å². The second-order valence-electron chi connectivity index (χ2n) is 4.28. The van der Waals surface area contributed by atoms with Gasteiger partial charge in [-0.25, -0.2) is 9.78 Å². The van der Waals surface area contributed by atoms with Gasteiger partial charge in [-0.3, -0.25) is 10.1 Å². The second-order valence-corrected chi connectivity index (χ2v) is 4.28. The van der Waals surface area contributed by atoms with E-state index in [2.05, 4.69) is 15.0 Å². The van der Waals surface area contributed by atoms with Crippen LogP contribution in [0.5, 0.6) is 0 Å². The number of benzene rings is 1. The molecule has 0 atom stereocenters. The number of carbonyl (C=O) groups excluding carboxylic acids is 1. The number of ether oxygens (including phenoxy) is 1. The fourth-order valence-electron chi connectivity index (χ4n) is 1.76. The quantitative estimate of drug-likeness (QED) is 0.523. The Morgan fingerprint density at radius 3 is 2.52 bits per heavy atom. The second kappa shape index (κ2) is 8.47. The largest absolute Gasteiger partial charge is 0.465 e. The van der Waals surface area contributed by atoms with Crippen LogP contribution in [0.15, 0.2) is 36.5 Å². The first kappa shape index (κ1) is 18.1. The molecule has 0 saturated carbocycles. The SMILES string of the molecule is CC.COC(=O)c1cnc(Nc2ccccc2C)c([N+](=O)[O-])c1. The van der Waals surface area contributed by atoms with E-state index in [0.29, 0.717) is 5.69 Å². The molecule has 1 heterocycles. The summed E-state index contributed by atoms with van der Waals surface area (Å²) in [5.74, 6) is -0.602. The zero-order valence-electron chi connectivity index (χ0n) is 13.5. The number of rotatable bonds is 4. The van der Waals surface area contributed by atoms with E-state index in [1.807, 2.05) is 39.0 Å². The zero-order valence-corrected chi connectivity index (χ0v) is 13.5. The van der Waals surface area contributed by atoms with Gasteiger partial charge in [0.05, 0.1) is 17.6 Å². The van der Waals surface area contributed by atoms with Crippen molar-refractivity contribution in [2.45, 2.75) is 20.8 Å². The number of hydrogen-bond donors (Lipinski definition) is 1. The Bertz CT molecular complexity index is 701. The van der Waals surface area contributed by atoms with Gasteiger partial charge in [0.15, 0.2) is 0 Å². The third kappa shape index (κ3) is 4.50. The summed E-state index contributed by atoms with van der Waals surface area (Å²) >= 11 is 0. The first-order valence-electron chi connectivity index (χ1n) is 7.08. The minimum Gasteiger partial charge on any atom is -0.465 e. The van der Waals surface area contributed by atoms with Gasteiger partial charge >= 0.3 is 11.7 Å². The Labute approximate surface area is 134 Å². The minimum atomic E-state index is -0.673. The van der Waals surface area contributed by atoms with Crippen molar-refractivity contribution in [2.75, 3.05) is 12.4 Å². The molecule has 0 saturated heterocycles. The van der Waals surface area contributed by atoms with E-state index in [1.165, 1.54) is 13.3 Å². The summed E-state index contributed by atoms with van der Waals surface area (Å²) in [6, 6.07) is 8.47. The summed E-state index contributed by atoms with van der Waals surface area (Å²) in [5, 5.41) is 14.0. The van der Waals surface area contributed by atoms with Crippen LogP contribution in [0.3, 0.4) is 0 Å². The maximum atomic E-state index is 11.4. The molecule has 0 aliphatic heterocycles. The van der Waals surface area contributed by atoms with Gasteiger partial charge in [0.25, 0.3) is 0 Å². The number of hydrogen-bond acceptors (Lipinski definition) is 6. The van der Waals surface area contributed by atoms with Crippen LogP contribution in [0, 0.1) is 17.0 Å². The van der Waals surface area contributed by atoms with Crippen LogP contribution in [-0.2, 0) is 4.74 Å². The number of pyridine rings is 1. The number of nitro groups is 1. The number of anilines is 2. The van der Waals surface area contributed by atoms with Crippen molar-refractivity contribution in [1.82, 2.24) is 4.98 Å². The standard InChI is InChI=1S/C14H13N3O4.C2H6/c1-9-5-3-4-6-11(9)16-13-12(17(19)20)7-10(8-15-13)14(18)21-2;1-2/h3-8H,1-2H3,(H,15,16);1-2H3. The first-order chi connectivity index (χ1) is 11.0. The third-order valence-corrected chi connectivity index (χ3v) is 2.88. The summed E-state index contributed by atoms with van der Waals surface area (Å²) in [5.41, 5.74) is 1.37. The van der Waals surface area contributed by atoms with Crippen molar-refractivity contribution >= 4 is 23.2 Å². The van der Waals surface area contributed by atoms with E-state index >= 15 is 0 Å². The summed E-state index contributed by atoms with van der Waals surface area (Å²) in [4.78, 5) is 25.9. The number of aromatic nitrogens is 1. The average Bonchev–Trinajstić information content (AvgIpc) is 2.58. The first-order valence-corrected chi connectivity index (χ1v) is 7.08. The summed E-state index contributed by atoms with van der Waals surface area (Å²) in [6.07, 6.45) is 1.24. The van der Waals surface area contributed by atoms with Crippen LogP contribution in [0.1, 0.15) is 29.8 Å². The number of aryl methyl sites for hydroxylation is 1. The highest BCUT2D eigenvalue weighted by molar-refractivity contribution is 5.90. The van der Waals surface area contributed by atoms with Crippen molar-refractivity contribution in [3.63, 3.8) is 0 Å². The molecule has 0 aliphatic rings. The molecule has 7 nitrogen and oxygen atoms in total. The molecule has 2 aromatic rings. The van der Waals surface area contributed by atoms with Gasteiger partial charge in [0.2, 0.25) is 5.82 Å². The van der Waals surface area contributed by atoms with Gasteiger partial charge in [-0.05, 0) is 18.6 Å². The summed E-state index contributed by atoms with van der Waals surface area (Å²) in [6.45, 7) is 5.87. The Kier molecular flexibility index (Phi) is 6.67. The van der Waals surface area contributed by atoms with Crippen molar-refractivity contribution in [1.29, 1.82) is 0 Å². The maximum absolute atomic E-state index is 11.4. The molecule has 23 heavy (non-hydrogen) atoms. The molecular weight excluding hydrogens is 298 g/mol. The molecule has 0 aliphatic carbocycles. The van der Waals surface area contributed by atoms with E-state index < -0.39 is 10.9 Å². The Morgan fingerprint density at radius 1 is 1.30 bits per heavy atom. The number of carbonyl (C=O) groups is 1. The van der Waals surface area contributed by atoms with Crippen molar-refractivity contribution < 1.29 is 14.5 Å². The molecule has 0 spiro atoms. The Balaban J connectivity index is 0.00000127. The predicted molar refractivity (Wildman–Crippen MR) is 88.0 cm³/mol. The van der Waals surface area contributed by atoms with Crippen LogP contribution in [0.4, 0.5) is 17.2 Å². The van der Waals surface area contributed by atoms with Crippen molar-refractivity contribution in [3.8, 4) is 0 Å². The van der Waals surface area contributed by atoms with Gasteiger partial charge in [0, 0.05) is 18.0 Å².